The van der Waals surface area contributed by atoms with E-state index in [0.717, 1.165) is 25.7 Å². The van der Waals surface area contributed by atoms with Crippen molar-refractivity contribution >= 4 is 0 Å². The predicted octanol–water partition coefficient (Wildman–Crippen LogP) is 2.89. The zero-order valence-corrected chi connectivity index (χ0v) is 7.93. The van der Waals surface area contributed by atoms with Gasteiger partial charge in [-0.2, -0.15) is 0 Å². The summed E-state index contributed by atoms with van der Waals surface area (Å²) >= 11 is 0. The normalized spacial score (nSPS) is 15.1. The van der Waals surface area contributed by atoms with Crippen LogP contribution >= 0.6 is 0 Å². The molecule has 1 atom stereocenters. The molecule has 0 saturated heterocycles. The molecule has 0 heterocycles. The average molecular weight is 156 g/mol. The van der Waals surface area contributed by atoms with Gasteiger partial charge in [-0.1, -0.05) is 32.8 Å². The molecule has 0 aromatic carbocycles. The van der Waals surface area contributed by atoms with E-state index in [0.29, 0.717) is 0 Å². The molecule has 0 saturated carbocycles. The molecule has 0 aliphatic rings. The summed E-state index contributed by atoms with van der Waals surface area (Å²) in [5.74, 6) is 0. The lowest BCUT2D eigenvalue weighted by Gasteiger charge is -2.11. The summed E-state index contributed by atoms with van der Waals surface area (Å²) in [6.45, 7) is 6.23. The molecular weight excluding hydrogens is 136 g/mol. The minimum atomic E-state index is -0.190. The van der Waals surface area contributed by atoms with Crippen LogP contribution in [0.2, 0.25) is 0 Å². The van der Waals surface area contributed by atoms with Crippen molar-refractivity contribution in [2.75, 3.05) is 0 Å². The van der Waals surface area contributed by atoms with Gasteiger partial charge in [0.25, 0.3) is 0 Å². The number of aliphatic hydroxyl groups excluding tert-OH is 1. The maximum absolute atomic E-state index is 9.57. The van der Waals surface area contributed by atoms with Crippen LogP contribution in [0.5, 0.6) is 0 Å². The Balaban J connectivity index is 3.70. The number of allylic oxidation sites excluding steroid dienone is 1. The van der Waals surface area contributed by atoms with Gasteiger partial charge in [0.2, 0.25) is 0 Å². The zero-order valence-electron chi connectivity index (χ0n) is 7.93. The largest absolute Gasteiger partial charge is 0.389 e. The van der Waals surface area contributed by atoms with Crippen molar-refractivity contribution < 1.29 is 5.11 Å². The second-order valence-corrected chi connectivity index (χ2v) is 2.88. The summed E-state index contributed by atoms with van der Waals surface area (Å²) < 4.78 is 0. The van der Waals surface area contributed by atoms with Crippen molar-refractivity contribution in [3.8, 4) is 0 Å². The van der Waals surface area contributed by atoms with Crippen molar-refractivity contribution in [2.24, 2.45) is 0 Å². The van der Waals surface area contributed by atoms with E-state index >= 15 is 0 Å². The Bertz CT molecular complexity index is 116. The highest BCUT2D eigenvalue weighted by atomic mass is 16.3. The van der Waals surface area contributed by atoms with Gasteiger partial charge in [0.1, 0.15) is 0 Å². The Kier molecular flexibility index (Phi) is 6.24. The lowest BCUT2D eigenvalue weighted by molar-refractivity contribution is 0.193. The van der Waals surface area contributed by atoms with Crippen LogP contribution in [0.1, 0.15) is 46.5 Å². The van der Waals surface area contributed by atoms with Crippen molar-refractivity contribution in [3.05, 3.63) is 11.6 Å². The third-order valence-electron chi connectivity index (χ3n) is 2.04. The lowest BCUT2D eigenvalue weighted by atomic mass is 10.0. The van der Waals surface area contributed by atoms with E-state index in [2.05, 4.69) is 13.8 Å². The van der Waals surface area contributed by atoms with Gasteiger partial charge in [-0.05, 0) is 25.3 Å². The van der Waals surface area contributed by atoms with E-state index < -0.39 is 0 Å². The molecule has 0 aromatic rings. The molecular formula is C10H20O. The number of hydrogen-bond donors (Lipinski definition) is 1. The highest BCUT2D eigenvalue weighted by molar-refractivity contribution is 5.05. The summed E-state index contributed by atoms with van der Waals surface area (Å²) in [7, 11) is 0. The van der Waals surface area contributed by atoms with Crippen molar-refractivity contribution in [3.63, 3.8) is 0 Å². The van der Waals surface area contributed by atoms with Gasteiger partial charge >= 0.3 is 0 Å². The maximum Gasteiger partial charge on any atom is 0.0749 e. The van der Waals surface area contributed by atoms with Gasteiger partial charge < -0.3 is 5.11 Å². The standard InChI is InChI=1S/C10H20O/c1-4-7-8-10(11)9(5-2)6-3/h5,10-11H,4,6-8H2,1-3H3. The minimum Gasteiger partial charge on any atom is -0.389 e. The maximum atomic E-state index is 9.57. The smallest absolute Gasteiger partial charge is 0.0749 e. The Labute approximate surface area is 70.1 Å². The average Bonchev–Trinajstić information content (AvgIpc) is 2.03. The van der Waals surface area contributed by atoms with Crippen LogP contribution < -0.4 is 0 Å². The topological polar surface area (TPSA) is 20.2 Å². The quantitative estimate of drug-likeness (QED) is 0.607. The fourth-order valence-corrected chi connectivity index (χ4v) is 1.22. The fourth-order valence-electron chi connectivity index (χ4n) is 1.22. The monoisotopic (exact) mass is 156 g/mol. The van der Waals surface area contributed by atoms with E-state index in [1.165, 1.54) is 5.57 Å². The van der Waals surface area contributed by atoms with Crippen molar-refractivity contribution in [1.29, 1.82) is 0 Å². The number of aliphatic hydroxyl groups is 1. The molecule has 0 bridgehead atoms. The van der Waals surface area contributed by atoms with E-state index in [1.54, 1.807) is 0 Å². The molecule has 0 amide bonds. The van der Waals surface area contributed by atoms with Crippen molar-refractivity contribution in [1.82, 2.24) is 0 Å². The lowest BCUT2D eigenvalue weighted by Crippen LogP contribution is -2.09. The van der Waals surface area contributed by atoms with Crippen LogP contribution in [0.4, 0.5) is 0 Å². The first-order valence-electron chi connectivity index (χ1n) is 4.59. The molecule has 0 aliphatic heterocycles. The van der Waals surface area contributed by atoms with Crippen LogP contribution in [0.3, 0.4) is 0 Å². The van der Waals surface area contributed by atoms with E-state index in [-0.39, 0.29) is 6.10 Å². The Hall–Kier alpha value is -0.300. The van der Waals surface area contributed by atoms with Gasteiger partial charge in [0.15, 0.2) is 0 Å². The van der Waals surface area contributed by atoms with Crippen LogP contribution in [0, 0.1) is 0 Å². The van der Waals surface area contributed by atoms with E-state index in [4.69, 9.17) is 0 Å². The molecule has 11 heavy (non-hydrogen) atoms. The summed E-state index contributed by atoms with van der Waals surface area (Å²) in [5, 5.41) is 9.57. The first kappa shape index (κ1) is 10.7. The molecule has 0 rings (SSSR count). The van der Waals surface area contributed by atoms with E-state index in [9.17, 15) is 5.11 Å². The summed E-state index contributed by atoms with van der Waals surface area (Å²) in [6.07, 6.45) is 6.02. The third kappa shape index (κ3) is 4.20. The Morgan fingerprint density at radius 3 is 2.45 bits per heavy atom. The van der Waals surface area contributed by atoms with Gasteiger partial charge in [0, 0.05) is 0 Å². The predicted molar refractivity (Wildman–Crippen MR) is 49.6 cm³/mol. The highest BCUT2D eigenvalue weighted by Gasteiger charge is 2.06. The van der Waals surface area contributed by atoms with Gasteiger partial charge in [-0.3, -0.25) is 0 Å². The SMILES string of the molecule is CC=C(CC)C(O)CCCC. The molecule has 0 aromatic heterocycles. The summed E-state index contributed by atoms with van der Waals surface area (Å²) in [6, 6.07) is 0. The number of rotatable bonds is 5. The van der Waals surface area contributed by atoms with Crippen LogP contribution in [-0.4, -0.2) is 11.2 Å². The minimum absolute atomic E-state index is 0.190. The number of unbranched alkanes of at least 4 members (excludes halogenated alkanes) is 1. The molecule has 66 valence electrons. The molecule has 0 fully saturated rings. The molecule has 1 unspecified atom stereocenters. The Morgan fingerprint density at radius 1 is 1.45 bits per heavy atom. The summed E-state index contributed by atoms with van der Waals surface area (Å²) in [5.41, 5.74) is 1.18. The molecule has 1 N–H and O–H groups in total. The Morgan fingerprint density at radius 2 is 2.09 bits per heavy atom. The van der Waals surface area contributed by atoms with Gasteiger partial charge in [-0.15, -0.1) is 0 Å². The molecule has 1 nitrogen and oxygen atoms in total. The first-order chi connectivity index (χ1) is 5.26. The molecule has 0 spiro atoms. The fraction of sp³-hybridized carbons (Fsp3) is 0.800. The second-order valence-electron chi connectivity index (χ2n) is 2.88. The van der Waals surface area contributed by atoms with Gasteiger partial charge in [0.05, 0.1) is 6.10 Å². The molecule has 0 aliphatic carbocycles. The number of hydrogen-bond acceptors (Lipinski definition) is 1. The molecule has 0 radical (unpaired) electrons. The third-order valence-corrected chi connectivity index (χ3v) is 2.04. The molecule has 1 heteroatoms. The first-order valence-corrected chi connectivity index (χ1v) is 4.59. The van der Waals surface area contributed by atoms with Crippen LogP contribution in [-0.2, 0) is 0 Å². The van der Waals surface area contributed by atoms with Gasteiger partial charge in [-0.25, -0.2) is 0 Å². The zero-order chi connectivity index (χ0) is 8.69. The van der Waals surface area contributed by atoms with E-state index in [1.807, 2.05) is 13.0 Å². The highest BCUT2D eigenvalue weighted by Crippen LogP contribution is 2.12. The van der Waals surface area contributed by atoms with Crippen LogP contribution in [0.15, 0.2) is 11.6 Å². The van der Waals surface area contributed by atoms with Crippen molar-refractivity contribution in [2.45, 2.75) is 52.6 Å². The van der Waals surface area contributed by atoms with Crippen LogP contribution in [0.25, 0.3) is 0 Å². The second kappa shape index (κ2) is 6.41. The summed E-state index contributed by atoms with van der Waals surface area (Å²) in [4.78, 5) is 0.